The van der Waals surface area contributed by atoms with E-state index in [1.165, 1.54) is 25.3 Å². The lowest BCUT2D eigenvalue weighted by atomic mass is 9.83. The first-order valence-corrected chi connectivity index (χ1v) is 17.5. The van der Waals surface area contributed by atoms with Gasteiger partial charge in [0, 0.05) is 31.7 Å². The molecule has 0 aliphatic carbocycles. The minimum Gasteiger partial charge on any atom is -0.495 e. The highest BCUT2D eigenvalue weighted by Gasteiger charge is 2.65. The van der Waals surface area contributed by atoms with Crippen LogP contribution in [0.15, 0.2) is 66.4 Å². The van der Waals surface area contributed by atoms with E-state index >= 15 is 0 Å². The summed E-state index contributed by atoms with van der Waals surface area (Å²) in [7, 11) is 4.44. The highest BCUT2D eigenvalue weighted by atomic mass is 35.5. The van der Waals surface area contributed by atoms with Gasteiger partial charge in [-0.15, -0.1) is 6.42 Å². The van der Waals surface area contributed by atoms with E-state index in [4.69, 9.17) is 47.4 Å². The topological polar surface area (TPSA) is 187 Å². The van der Waals surface area contributed by atoms with Crippen LogP contribution in [0.25, 0.3) is 10.9 Å². The van der Waals surface area contributed by atoms with Gasteiger partial charge in [-0.1, -0.05) is 47.4 Å². The number of carbonyl (C=O) groups is 3. The van der Waals surface area contributed by atoms with E-state index in [2.05, 4.69) is 21.5 Å². The van der Waals surface area contributed by atoms with Gasteiger partial charge in [0.1, 0.15) is 40.8 Å². The minimum atomic E-state index is -1.91. The largest absolute Gasteiger partial charge is 0.495 e. The number of rotatable bonds is 4. The Hall–Kier alpha value is -5.33. The number of nitrogens with one attached hydrogen (secondary N) is 2. The number of epoxide rings is 1. The number of halogens is 1. The molecule has 4 bridgehead atoms. The van der Waals surface area contributed by atoms with Crippen LogP contribution in [0.4, 0.5) is 26.7 Å². The molecular formula is C39H42ClN5O9. The molecule has 0 spiro atoms. The van der Waals surface area contributed by atoms with Crippen molar-refractivity contribution in [3.63, 3.8) is 0 Å². The number of aromatic nitrogens is 1. The van der Waals surface area contributed by atoms with Gasteiger partial charge in [-0.3, -0.25) is 20.4 Å². The van der Waals surface area contributed by atoms with Crippen LogP contribution in [-0.4, -0.2) is 85.2 Å². The molecule has 0 unspecified atom stereocenters. The number of hydrogen-bond donors (Lipinski definition) is 4. The van der Waals surface area contributed by atoms with Crippen molar-refractivity contribution in [1.29, 1.82) is 0 Å². The highest BCUT2D eigenvalue weighted by molar-refractivity contribution is 6.35. The number of anilines is 3. The van der Waals surface area contributed by atoms with Crippen molar-refractivity contribution in [3.8, 4) is 18.1 Å². The van der Waals surface area contributed by atoms with Crippen molar-refractivity contribution in [2.45, 2.75) is 68.9 Å². The number of alkyl carbamates (subject to hydrolysis) is 1. The first-order chi connectivity index (χ1) is 25.7. The number of nitrogen functional groups attached to an aromatic ring is 1. The number of fused-ring (bicyclic) bond motifs is 6. The molecular weight excluding hydrogens is 718 g/mol. The number of nitrogens with two attached hydrogens (primary N) is 1. The molecule has 3 aliphatic heterocycles. The van der Waals surface area contributed by atoms with E-state index in [9.17, 15) is 19.5 Å². The molecule has 2 saturated heterocycles. The second kappa shape index (κ2) is 15.2. The Morgan fingerprint density at radius 3 is 2.74 bits per heavy atom. The molecule has 1 aromatic heterocycles. The second-order valence-electron chi connectivity index (χ2n) is 13.8. The average Bonchev–Trinajstić information content (AvgIpc) is 3.80. The molecule has 7 atom stereocenters. The van der Waals surface area contributed by atoms with Crippen molar-refractivity contribution in [2.24, 2.45) is 5.92 Å². The highest BCUT2D eigenvalue weighted by Crippen LogP contribution is 2.49. The Labute approximate surface area is 317 Å². The number of nitrogens with zero attached hydrogens (tertiary/aromatic N) is 2. The van der Waals surface area contributed by atoms with E-state index in [1.54, 1.807) is 62.5 Å². The number of aliphatic hydroxyl groups is 1. The quantitative estimate of drug-likeness (QED) is 0.157. The number of pyridine rings is 1. The molecule has 0 saturated carbocycles. The summed E-state index contributed by atoms with van der Waals surface area (Å²) < 4.78 is 29.0. The van der Waals surface area contributed by atoms with Crippen LogP contribution < -0.4 is 26.0 Å². The normalized spacial score (nSPS) is 30.1. The van der Waals surface area contributed by atoms with Gasteiger partial charge in [-0.2, -0.15) is 0 Å². The van der Waals surface area contributed by atoms with Crippen molar-refractivity contribution in [1.82, 2.24) is 10.3 Å². The lowest BCUT2D eigenvalue weighted by Crippen LogP contribution is -2.63. The summed E-state index contributed by atoms with van der Waals surface area (Å²) >= 11 is 6.76. The standard InChI is InChI=1S/C39H42ClN5O9/c1-7-26-30-19-39(49,44-37(48)52-30)31(51-6)10-8-9-21(2)13-22-14-28(34(40)29(15-22)50-5)45(4)33(46)18-32(38(3)35(26)54-38)53-36(47)43-25-16-23-11-12-24(41)17-27(23)42-20-25/h1,8-12,14-17,20,26,30-32,35,49H,13,18-19,41H2,2-6H3,(H,43,47)(H,44,48)/b10-8+,21-9+/t26-,30+,31-,32+,35+,38+,39+/m1/s1. The average molecular weight is 760 g/mol. The SMILES string of the molecule is C#C[C@@H]1[C@@H]2C[C@@](O)(NC(=O)O2)[C@H](OC)/C=C/C=C(\C)Cc2cc(OC)c(Cl)c(c2)N(C)C(=O)C[C@H](OC(=O)Nc2cnc3cc(N)ccc3c2)[C@]2(C)O[C@@H]12. The Kier molecular flexibility index (Phi) is 10.8. The zero-order chi connectivity index (χ0) is 38.9. The molecule has 4 heterocycles. The van der Waals surface area contributed by atoms with Crippen LogP contribution in [0.5, 0.6) is 5.75 Å². The Bertz CT molecular complexity index is 2080. The number of ether oxygens (including phenoxy) is 5. The summed E-state index contributed by atoms with van der Waals surface area (Å²) in [6, 6.07) is 10.5. The van der Waals surface area contributed by atoms with Crippen LogP contribution in [0.1, 0.15) is 32.3 Å². The Balaban J connectivity index is 1.38. The molecule has 284 valence electrons. The number of terminal acetylenes is 1. The summed E-state index contributed by atoms with van der Waals surface area (Å²) in [5, 5.41) is 17.8. The molecule has 2 fully saturated rings. The summed E-state index contributed by atoms with van der Waals surface area (Å²) in [5.74, 6) is 1.60. The number of hydrogen-bond acceptors (Lipinski definition) is 11. The zero-order valence-electron chi connectivity index (χ0n) is 30.4. The third kappa shape index (κ3) is 7.81. The van der Waals surface area contributed by atoms with Gasteiger partial charge in [0.2, 0.25) is 5.91 Å². The van der Waals surface area contributed by atoms with E-state index in [0.29, 0.717) is 34.7 Å². The molecule has 15 heteroatoms. The number of methoxy groups -OCH3 is 2. The van der Waals surface area contributed by atoms with Crippen molar-refractivity contribution < 1.29 is 43.2 Å². The number of amides is 3. The maximum atomic E-state index is 14.1. The van der Waals surface area contributed by atoms with E-state index < -0.39 is 59.8 Å². The lowest BCUT2D eigenvalue weighted by molar-refractivity contribution is -0.140. The van der Waals surface area contributed by atoms with Crippen molar-refractivity contribution in [2.75, 3.05) is 37.2 Å². The molecule has 3 amide bonds. The summed E-state index contributed by atoms with van der Waals surface area (Å²) in [5.41, 5.74) is 6.21. The third-order valence-electron chi connectivity index (χ3n) is 10.0. The number of carbonyl (C=O) groups excluding carboxylic acids is 3. The van der Waals surface area contributed by atoms with Gasteiger partial charge < -0.3 is 39.4 Å². The smallest absolute Gasteiger partial charge is 0.412 e. The summed E-state index contributed by atoms with van der Waals surface area (Å²) in [6.45, 7) is 3.56. The second-order valence-corrected chi connectivity index (χ2v) is 14.2. The minimum absolute atomic E-state index is 0.173. The summed E-state index contributed by atoms with van der Waals surface area (Å²) in [6.07, 6.45) is 6.63. The van der Waals surface area contributed by atoms with Crippen LogP contribution >= 0.6 is 11.6 Å². The van der Waals surface area contributed by atoms with Gasteiger partial charge in [0.05, 0.1) is 42.5 Å². The maximum absolute atomic E-state index is 14.1. The third-order valence-corrected chi connectivity index (χ3v) is 10.4. The lowest BCUT2D eigenvalue weighted by Gasteiger charge is -2.41. The monoisotopic (exact) mass is 759 g/mol. The fraction of sp³-hybridized carbons (Fsp3) is 0.385. The first kappa shape index (κ1) is 38.4. The molecule has 3 aliphatic rings. The van der Waals surface area contributed by atoms with Crippen LogP contribution in [0.3, 0.4) is 0 Å². The van der Waals surface area contributed by atoms with Gasteiger partial charge in [-0.05, 0) is 56.2 Å². The van der Waals surface area contributed by atoms with Gasteiger partial charge >= 0.3 is 12.2 Å². The number of benzene rings is 2. The van der Waals surface area contributed by atoms with Crippen LogP contribution in [-0.2, 0) is 30.2 Å². The van der Waals surface area contributed by atoms with Crippen molar-refractivity contribution in [3.05, 3.63) is 77.0 Å². The maximum Gasteiger partial charge on any atom is 0.412 e. The van der Waals surface area contributed by atoms with Gasteiger partial charge in [0.25, 0.3) is 0 Å². The predicted octanol–water partition coefficient (Wildman–Crippen LogP) is 5.12. The predicted molar refractivity (Wildman–Crippen MR) is 202 cm³/mol. The van der Waals surface area contributed by atoms with E-state index in [-0.39, 0.29) is 17.9 Å². The van der Waals surface area contributed by atoms with E-state index in [0.717, 1.165) is 16.5 Å². The Morgan fingerprint density at radius 2 is 2.02 bits per heavy atom. The molecule has 14 nitrogen and oxygen atoms in total. The van der Waals surface area contributed by atoms with Gasteiger partial charge in [-0.25, -0.2) is 9.59 Å². The van der Waals surface area contributed by atoms with Gasteiger partial charge in [0.15, 0.2) is 5.72 Å². The fourth-order valence-corrected chi connectivity index (χ4v) is 7.30. The zero-order valence-corrected chi connectivity index (χ0v) is 31.2. The molecule has 2 aromatic carbocycles. The molecule has 54 heavy (non-hydrogen) atoms. The van der Waals surface area contributed by atoms with Crippen molar-refractivity contribution >= 4 is 57.7 Å². The molecule has 6 rings (SSSR count). The van der Waals surface area contributed by atoms with Crippen LogP contribution in [0, 0.1) is 18.3 Å². The summed E-state index contributed by atoms with van der Waals surface area (Å²) in [4.78, 5) is 46.3. The molecule has 5 N–H and O–H groups in total. The fourth-order valence-electron chi connectivity index (χ4n) is 6.99. The van der Waals surface area contributed by atoms with Crippen LogP contribution in [0.2, 0.25) is 5.02 Å². The molecule has 0 radical (unpaired) electrons. The number of allylic oxidation sites excluding steroid dienone is 3. The first-order valence-electron chi connectivity index (χ1n) is 17.2. The Morgan fingerprint density at radius 1 is 1.24 bits per heavy atom. The van der Waals surface area contributed by atoms with E-state index in [1.807, 2.05) is 13.0 Å². The molecule has 3 aromatic rings.